The van der Waals surface area contributed by atoms with Gasteiger partial charge in [0.2, 0.25) is 5.91 Å². The molecule has 2 saturated heterocycles. The number of piperidine rings is 1. The van der Waals surface area contributed by atoms with Crippen molar-refractivity contribution in [1.29, 1.82) is 0 Å². The van der Waals surface area contributed by atoms with E-state index in [-0.39, 0.29) is 11.1 Å². The maximum absolute atomic E-state index is 12.1. The Kier molecular flexibility index (Phi) is 3.67. The number of carbonyl (C=O) groups excluding carboxylic acids is 1. The normalized spacial score (nSPS) is 31.9. The Bertz CT molecular complexity index is 325. The van der Waals surface area contributed by atoms with Crippen LogP contribution in [0.4, 0.5) is 0 Å². The monoisotopic (exact) mass is 272 g/mol. The van der Waals surface area contributed by atoms with E-state index in [0.29, 0.717) is 30.2 Å². The van der Waals surface area contributed by atoms with Crippen LogP contribution in [0.5, 0.6) is 0 Å². The van der Waals surface area contributed by atoms with Crippen LogP contribution in [0.3, 0.4) is 0 Å². The molecule has 3 nitrogen and oxygen atoms in total. The molecule has 0 aromatic rings. The van der Waals surface area contributed by atoms with Crippen LogP contribution in [0.15, 0.2) is 0 Å². The molecule has 18 heavy (non-hydrogen) atoms. The van der Waals surface area contributed by atoms with Crippen molar-refractivity contribution in [1.82, 2.24) is 10.2 Å². The standard InChI is InChI=1S/C14H25ClN2O/c1-13(2)6-11(7-14(3,4)16-13)17-9-10(8-15)5-12(17)18/h10-11,16H,5-9H2,1-4H3. The van der Waals surface area contributed by atoms with Crippen LogP contribution in [0.2, 0.25) is 0 Å². The van der Waals surface area contributed by atoms with Gasteiger partial charge < -0.3 is 10.2 Å². The average molecular weight is 273 g/mol. The molecule has 0 radical (unpaired) electrons. The molecular formula is C14H25ClN2O. The molecule has 2 aliphatic heterocycles. The van der Waals surface area contributed by atoms with E-state index in [1.54, 1.807) is 0 Å². The Labute approximate surface area is 115 Å². The van der Waals surface area contributed by atoms with Gasteiger partial charge in [0.25, 0.3) is 0 Å². The van der Waals surface area contributed by atoms with Crippen molar-refractivity contribution in [3.8, 4) is 0 Å². The Hall–Kier alpha value is -0.280. The molecule has 0 aliphatic carbocycles. The summed E-state index contributed by atoms with van der Waals surface area (Å²) in [5.74, 6) is 1.24. The molecule has 0 spiro atoms. The van der Waals surface area contributed by atoms with E-state index in [4.69, 9.17) is 11.6 Å². The third-order valence-electron chi connectivity index (χ3n) is 4.07. The van der Waals surface area contributed by atoms with Crippen LogP contribution >= 0.6 is 11.6 Å². The van der Waals surface area contributed by atoms with Crippen LogP contribution in [-0.2, 0) is 4.79 Å². The number of rotatable bonds is 2. The SMILES string of the molecule is CC1(C)CC(N2CC(CCl)CC2=O)CC(C)(C)N1. The molecule has 2 fully saturated rings. The molecule has 0 aromatic carbocycles. The molecule has 1 unspecified atom stereocenters. The highest BCUT2D eigenvalue weighted by atomic mass is 35.5. The lowest BCUT2D eigenvalue weighted by Crippen LogP contribution is -2.62. The van der Waals surface area contributed by atoms with Gasteiger partial charge in [-0.15, -0.1) is 11.6 Å². The van der Waals surface area contributed by atoms with E-state index in [1.165, 1.54) is 0 Å². The van der Waals surface area contributed by atoms with Crippen molar-refractivity contribution in [3.05, 3.63) is 0 Å². The van der Waals surface area contributed by atoms with E-state index in [2.05, 4.69) is 37.9 Å². The molecule has 1 atom stereocenters. The Morgan fingerprint density at radius 1 is 1.28 bits per heavy atom. The second kappa shape index (κ2) is 4.68. The van der Waals surface area contributed by atoms with Crippen molar-refractivity contribution >= 4 is 17.5 Å². The molecule has 2 heterocycles. The van der Waals surface area contributed by atoms with Crippen LogP contribution in [0.25, 0.3) is 0 Å². The number of nitrogens with zero attached hydrogens (tertiary/aromatic N) is 1. The van der Waals surface area contributed by atoms with Gasteiger partial charge in [-0.3, -0.25) is 4.79 Å². The van der Waals surface area contributed by atoms with Crippen molar-refractivity contribution in [2.75, 3.05) is 12.4 Å². The average Bonchev–Trinajstić information content (AvgIpc) is 2.55. The lowest BCUT2D eigenvalue weighted by molar-refractivity contribution is -0.131. The van der Waals surface area contributed by atoms with Crippen LogP contribution in [0.1, 0.15) is 47.0 Å². The lowest BCUT2D eigenvalue weighted by Gasteiger charge is -2.49. The van der Waals surface area contributed by atoms with Gasteiger partial charge in [-0.1, -0.05) is 0 Å². The lowest BCUT2D eigenvalue weighted by atomic mass is 9.79. The zero-order valence-electron chi connectivity index (χ0n) is 11.9. The van der Waals surface area contributed by atoms with Gasteiger partial charge in [0.1, 0.15) is 0 Å². The van der Waals surface area contributed by atoms with E-state index >= 15 is 0 Å². The summed E-state index contributed by atoms with van der Waals surface area (Å²) in [5.41, 5.74) is 0.178. The molecule has 2 rings (SSSR count). The molecule has 0 aromatic heterocycles. The number of alkyl halides is 1. The largest absolute Gasteiger partial charge is 0.339 e. The summed E-state index contributed by atoms with van der Waals surface area (Å²) in [5, 5.41) is 3.66. The van der Waals surface area contributed by atoms with Crippen molar-refractivity contribution in [2.24, 2.45) is 5.92 Å². The van der Waals surface area contributed by atoms with E-state index in [0.717, 1.165) is 19.4 Å². The predicted octanol–water partition coefficient (Wildman–Crippen LogP) is 2.38. The zero-order chi connectivity index (χ0) is 13.6. The van der Waals surface area contributed by atoms with E-state index in [1.807, 2.05) is 0 Å². The first kappa shape index (κ1) is 14.1. The molecule has 1 amide bonds. The van der Waals surface area contributed by atoms with Crippen molar-refractivity contribution < 1.29 is 4.79 Å². The molecule has 1 N–H and O–H groups in total. The number of likely N-dealkylation sites (tertiary alicyclic amines) is 1. The van der Waals surface area contributed by atoms with Gasteiger partial charge in [-0.25, -0.2) is 0 Å². The maximum atomic E-state index is 12.1. The Balaban J connectivity index is 2.11. The first-order valence-corrected chi connectivity index (χ1v) is 7.41. The van der Waals surface area contributed by atoms with Crippen LogP contribution in [-0.4, -0.2) is 40.4 Å². The minimum absolute atomic E-state index is 0.0890. The summed E-state index contributed by atoms with van der Waals surface area (Å²) in [6, 6.07) is 0.358. The predicted molar refractivity (Wildman–Crippen MR) is 74.9 cm³/mol. The maximum Gasteiger partial charge on any atom is 0.223 e. The molecule has 104 valence electrons. The Morgan fingerprint density at radius 3 is 2.28 bits per heavy atom. The van der Waals surface area contributed by atoms with Crippen molar-refractivity contribution in [3.63, 3.8) is 0 Å². The molecular weight excluding hydrogens is 248 g/mol. The minimum atomic E-state index is 0.0890. The van der Waals surface area contributed by atoms with Crippen LogP contribution < -0.4 is 5.32 Å². The number of hydrogen-bond acceptors (Lipinski definition) is 2. The zero-order valence-corrected chi connectivity index (χ0v) is 12.7. The quantitative estimate of drug-likeness (QED) is 0.783. The number of carbonyl (C=O) groups is 1. The fraction of sp³-hybridized carbons (Fsp3) is 0.929. The summed E-state index contributed by atoms with van der Waals surface area (Å²) < 4.78 is 0. The molecule has 0 bridgehead atoms. The summed E-state index contributed by atoms with van der Waals surface area (Å²) >= 11 is 5.90. The van der Waals surface area contributed by atoms with E-state index in [9.17, 15) is 4.79 Å². The summed E-state index contributed by atoms with van der Waals surface area (Å²) in [7, 11) is 0. The summed E-state index contributed by atoms with van der Waals surface area (Å²) in [6.45, 7) is 9.74. The number of halogens is 1. The summed E-state index contributed by atoms with van der Waals surface area (Å²) in [4.78, 5) is 14.2. The van der Waals surface area contributed by atoms with Gasteiger partial charge in [0.15, 0.2) is 0 Å². The third kappa shape index (κ3) is 3.00. The van der Waals surface area contributed by atoms with Gasteiger partial charge >= 0.3 is 0 Å². The highest BCUT2D eigenvalue weighted by Crippen LogP contribution is 2.34. The first-order chi connectivity index (χ1) is 8.22. The third-order valence-corrected chi connectivity index (χ3v) is 4.50. The number of amides is 1. The second-order valence-corrected chi connectivity index (χ2v) is 7.53. The minimum Gasteiger partial charge on any atom is -0.339 e. The van der Waals surface area contributed by atoms with Gasteiger partial charge in [0, 0.05) is 36.0 Å². The second-order valence-electron chi connectivity index (χ2n) is 7.23. The Morgan fingerprint density at radius 2 is 1.83 bits per heavy atom. The van der Waals surface area contributed by atoms with Gasteiger partial charge in [-0.2, -0.15) is 0 Å². The van der Waals surface area contributed by atoms with Crippen molar-refractivity contribution in [2.45, 2.75) is 64.1 Å². The fourth-order valence-electron chi connectivity index (χ4n) is 3.75. The van der Waals surface area contributed by atoms with Gasteiger partial charge in [0.05, 0.1) is 0 Å². The van der Waals surface area contributed by atoms with Gasteiger partial charge in [-0.05, 0) is 46.5 Å². The smallest absolute Gasteiger partial charge is 0.223 e. The number of nitrogens with one attached hydrogen (secondary N) is 1. The topological polar surface area (TPSA) is 32.3 Å². The number of hydrogen-bond donors (Lipinski definition) is 1. The first-order valence-electron chi connectivity index (χ1n) is 6.87. The highest BCUT2D eigenvalue weighted by molar-refractivity contribution is 6.18. The highest BCUT2D eigenvalue weighted by Gasteiger charge is 2.43. The molecule has 2 aliphatic rings. The summed E-state index contributed by atoms with van der Waals surface area (Å²) in [6.07, 6.45) is 2.68. The fourth-order valence-corrected chi connectivity index (χ4v) is 3.96. The molecule has 4 heteroatoms. The molecule has 0 saturated carbocycles. The van der Waals surface area contributed by atoms with E-state index < -0.39 is 0 Å². The van der Waals surface area contributed by atoms with Crippen LogP contribution in [0, 0.1) is 5.92 Å².